The molecule has 0 aromatic heterocycles. The van der Waals surface area contributed by atoms with E-state index in [1.54, 1.807) is 6.07 Å². The van der Waals surface area contributed by atoms with Crippen molar-refractivity contribution in [2.45, 2.75) is 63.2 Å². The van der Waals surface area contributed by atoms with Crippen molar-refractivity contribution in [2.75, 3.05) is 0 Å². The maximum Gasteiger partial charge on any atom is 1.00 e. The summed E-state index contributed by atoms with van der Waals surface area (Å²) < 4.78 is 39.3. The Bertz CT molecular complexity index is 790. The molecule has 4 nitrogen and oxygen atoms in total. The van der Waals surface area contributed by atoms with Gasteiger partial charge in [0, 0.05) is 0 Å². The first-order valence-electron chi connectivity index (χ1n) is 9.32. The summed E-state index contributed by atoms with van der Waals surface area (Å²) in [6.45, 7) is 2.22. The molecule has 0 atom stereocenters. The zero-order chi connectivity index (χ0) is 18.8. The van der Waals surface area contributed by atoms with Gasteiger partial charge in [0.25, 0.3) is 0 Å². The van der Waals surface area contributed by atoms with Gasteiger partial charge in [-0.15, -0.1) is 0 Å². The summed E-state index contributed by atoms with van der Waals surface area (Å²) in [6, 6.07) is 13.5. The summed E-state index contributed by atoms with van der Waals surface area (Å²) in [5.74, 6) is 1.06. The fourth-order valence-electron chi connectivity index (χ4n) is 2.90. The van der Waals surface area contributed by atoms with Crippen molar-refractivity contribution < 1.29 is 47.3 Å². The molecule has 0 heterocycles. The van der Waals surface area contributed by atoms with Gasteiger partial charge in [0.05, 0.1) is 4.90 Å². The van der Waals surface area contributed by atoms with E-state index in [9.17, 15) is 13.0 Å². The van der Waals surface area contributed by atoms with E-state index in [2.05, 4.69) is 6.92 Å². The normalized spacial score (nSPS) is 11.0. The summed E-state index contributed by atoms with van der Waals surface area (Å²) in [5, 5.41) is 0. The van der Waals surface area contributed by atoms with Crippen LogP contribution in [0.25, 0.3) is 0 Å². The molecule has 0 saturated carbocycles. The van der Waals surface area contributed by atoms with E-state index in [1.807, 2.05) is 24.3 Å². The molecule has 0 aliphatic carbocycles. The van der Waals surface area contributed by atoms with Gasteiger partial charge in [-0.2, -0.15) is 0 Å². The molecule has 0 saturated heterocycles. The zero-order valence-electron chi connectivity index (χ0n) is 16.3. The molecule has 0 spiro atoms. The zero-order valence-corrected chi connectivity index (χ0v) is 19.1. The average Bonchev–Trinajstić information content (AvgIpc) is 2.62. The van der Waals surface area contributed by atoms with Gasteiger partial charge < -0.3 is 9.29 Å². The van der Waals surface area contributed by atoms with Gasteiger partial charge in [0.15, 0.2) is 0 Å². The molecule has 6 heteroatoms. The van der Waals surface area contributed by atoms with E-state index in [4.69, 9.17) is 4.74 Å². The SMILES string of the molecule is CCCCCCCCCc1ccccc1Oc1cccc(S(=O)(=O)[O-])c1.[Na+]. The molecule has 0 aliphatic rings. The van der Waals surface area contributed by atoms with E-state index in [0.29, 0.717) is 11.5 Å². The van der Waals surface area contributed by atoms with E-state index < -0.39 is 10.1 Å². The second-order valence-electron chi connectivity index (χ2n) is 6.51. The van der Waals surface area contributed by atoms with Crippen molar-refractivity contribution in [2.24, 2.45) is 0 Å². The quantitative estimate of drug-likeness (QED) is 0.332. The average molecular weight is 399 g/mol. The molecular weight excluding hydrogens is 371 g/mol. The Labute approximate surface area is 185 Å². The van der Waals surface area contributed by atoms with Gasteiger partial charge in [-0.25, -0.2) is 8.42 Å². The van der Waals surface area contributed by atoms with Crippen LogP contribution in [0.15, 0.2) is 53.4 Å². The number of aryl methyl sites for hydroxylation is 1. The summed E-state index contributed by atoms with van der Waals surface area (Å²) >= 11 is 0. The second kappa shape index (κ2) is 12.6. The molecule has 2 aromatic rings. The van der Waals surface area contributed by atoms with Crippen LogP contribution < -0.4 is 34.3 Å². The van der Waals surface area contributed by atoms with Crippen molar-refractivity contribution in [3.8, 4) is 11.5 Å². The molecule has 0 bridgehead atoms. The van der Waals surface area contributed by atoms with Crippen LogP contribution in [0, 0.1) is 0 Å². The van der Waals surface area contributed by atoms with Crippen LogP contribution in [0.3, 0.4) is 0 Å². The van der Waals surface area contributed by atoms with Crippen molar-refractivity contribution in [3.05, 3.63) is 54.1 Å². The predicted molar refractivity (Wildman–Crippen MR) is 103 cm³/mol. The largest absolute Gasteiger partial charge is 1.00 e. The third-order valence-electron chi connectivity index (χ3n) is 4.34. The van der Waals surface area contributed by atoms with Crippen LogP contribution >= 0.6 is 0 Å². The molecule has 0 aliphatic heterocycles. The fourth-order valence-corrected chi connectivity index (χ4v) is 3.41. The van der Waals surface area contributed by atoms with E-state index in [0.717, 1.165) is 18.4 Å². The molecule has 0 amide bonds. The van der Waals surface area contributed by atoms with Crippen molar-refractivity contribution in [3.63, 3.8) is 0 Å². The third-order valence-corrected chi connectivity index (χ3v) is 5.18. The van der Waals surface area contributed by atoms with Crippen molar-refractivity contribution >= 4 is 10.1 Å². The number of benzene rings is 2. The molecule has 0 radical (unpaired) electrons. The molecular formula is C21H27NaO4S. The van der Waals surface area contributed by atoms with Gasteiger partial charge >= 0.3 is 29.6 Å². The first kappa shape index (κ1) is 24.2. The Morgan fingerprint density at radius 3 is 2.26 bits per heavy atom. The minimum Gasteiger partial charge on any atom is -0.744 e. The van der Waals surface area contributed by atoms with Crippen LogP contribution in [0.1, 0.15) is 57.4 Å². The maximum atomic E-state index is 11.2. The number of hydrogen-bond acceptors (Lipinski definition) is 4. The Balaban J connectivity index is 0.00000364. The Hall–Kier alpha value is -0.850. The third kappa shape index (κ3) is 8.79. The minimum atomic E-state index is -4.49. The molecule has 0 fully saturated rings. The van der Waals surface area contributed by atoms with Crippen LogP contribution in [-0.4, -0.2) is 13.0 Å². The molecule has 27 heavy (non-hydrogen) atoms. The summed E-state index contributed by atoms with van der Waals surface area (Å²) in [5.41, 5.74) is 1.09. The van der Waals surface area contributed by atoms with Crippen LogP contribution in [0.5, 0.6) is 11.5 Å². The Kier molecular flexibility index (Phi) is 11.3. The maximum absolute atomic E-state index is 11.2. The van der Waals surface area contributed by atoms with Crippen LogP contribution in [0.2, 0.25) is 0 Å². The van der Waals surface area contributed by atoms with Gasteiger partial charge in [0.1, 0.15) is 21.6 Å². The molecule has 2 aromatic carbocycles. The Morgan fingerprint density at radius 2 is 1.56 bits per heavy atom. The molecule has 142 valence electrons. The topological polar surface area (TPSA) is 66.4 Å². The van der Waals surface area contributed by atoms with Crippen molar-refractivity contribution in [1.82, 2.24) is 0 Å². The van der Waals surface area contributed by atoms with Gasteiger partial charge in [-0.3, -0.25) is 0 Å². The first-order chi connectivity index (χ1) is 12.5. The van der Waals surface area contributed by atoms with Gasteiger partial charge in [-0.05, 0) is 42.7 Å². The monoisotopic (exact) mass is 398 g/mol. The summed E-state index contributed by atoms with van der Waals surface area (Å²) in [6.07, 6.45) is 9.66. The number of unbranched alkanes of at least 4 members (excludes halogenated alkanes) is 6. The standard InChI is InChI=1S/C21H28O4S.Na/c1-2-3-4-5-6-7-8-12-18-13-9-10-16-21(18)25-19-14-11-15-20(17-19)26(22,23)24;/h9-11,13-17H,2-8,12H2,1H3,(H,22,23,24);/q;+1/p-1. The molecule has 2 rings (SSSR count). The van der Waals surface area contributed by atoms with E-state index >= 15 is 0 Å². The minimum absolute atomic E-state index is 0. The summed E-state index contributed by atoms with van der Waals surface area (Å²) in [7, 11) is -4.49. The Morgan fingerprint density at radius 1 is 0.889 bits per heavy atom. The van der Waals surface area contributed by atoms with Gasteiger partial charge in [-0.1, -0.05) is 69.7 Å². The van der Waals surface area contributed by atoms with Crippen molar-refractivity contribution in [1.29, 1.82) is 0 Å². The van der Waals surface area contributed by atoms with Gasteiger partial charge in [0.2, 0.25) is 0 Å². The second-order valence-corrected chi connectivity index (χ2v) is 7.89. The number of rotatable bonds is 11. The molecule has 0 N–H and O–H groups in total. The van der Waals surface area contributed by atoms with E-state index in [-0.39, 0.29) is 34.5 Å². The smallest absolute Gasteiger partial charge is 0.744 e. The number of para-hydroxylation sites is 1. The van der Waals surface area contributed by atoms with E-state index in [1.165, 1.54) is 56.7 Å². The summed E-state index contributed by atoms with van der Waals surface area (Å²) in [4.78, 5) is -0.278. The van der Waals surface area contributed by atoms with Crippen LogP contribution in [-0.2, 0) is 16.5 Å². The molecule has 0 unspecified atom stereocenters. The number of hydrogen-bond donors (Lipinski definition) is 0. The first-order valence-corrected chi connectivity index (χ1v) is 10.7. The predicted octanol–water partition coefficient (Wildman–Crippen LogP) is 2.68. The fraction of sp³-hybridized carbons (Fsp3) is 0.429. The van der Waals surface area contributed by atoms with Crippen LogP contribution in [0.4, 0.5) is 0 Å². The number of ether oxygens (including phenoxy) is 1.